The van der Waals surface area contributed by atoms with E-state index in [2.05, 4.69) is 66.1 Å². The van der Waals surface area contributed by atoms with Gasteiger partial charge in [-0.2, -0.15) is 0 Å². The van der Waals surface area contributed by atoms with Gasteiger partial charge in [0.2, 0.25) is 5.95 Å². The maximum absolute atomic E-state index is 13.3. The Bertz CT molecular complexity index is 1090. The van der Waals surface area contributed by atoms with Crippen molar-refractivity contribution in [1.29, 1.82) is 0 Å². The summed E-state index contributed by atoms with van der Waals surface area (Å²) in [5.74, 6) is 0.739. The first kappa shape index (κ1) is 19.4. The lowest BCUT2D eigenvalue weighted by Crippen LogP contribution is -2.47. The maximum Gasteiger partial charge on any atom is 0.259 e. The molecule has 0 atom stereocenters. The van der Waals surface area contributed by atoms with Crippen LogP contribution >= 0.6 is 0 Å². The summed E-state index contributed by atoms with van der Waals surface area (Å²) < 4.78 is 1.83. The lowest BCUT2D eigenvalue weighted by molar-refractivity contribution is 0.189. The van der Waals surface area contributed by atoms with Crippen molar-refractivity contribution in [1.82, 2.24) is 14.5 Å². The van der Waals surface area contributed by atoms with Crippen molar-refractivity contribution in [2.45, 2.75) is 47.3 Å². The number of rotatable bonds is 4. The minimum Gasteiger partial charge on any atom is -0.298 e. The number of benzene rings is 2. The second kappa shape index (κ2) is 7.84. The molecule has 0 unspecified atom stereocenters. The highest BCUT2D eigenvalue weighted by atomic mass is 16.1. The van der Waals surface area contributed by atoms with Gasteiger partial charge >= 0.3 is 0 Å². The Morgan fingerprint density at radius 2 is 1.72 bits per heavy atom. The van der Waals surface area contributed by atoms with Crippen LogP contribution in [0.15, 0.2) is 53.3 Å². The topological polar surface area (TPSA) is 41.4 Å². The van der Waals surface area contributed by atoms with Crippen molar-refractivity contribution in [3.05, 3.63) is 86.8 Å². The van der Waals surface area contributed by atoms with Gasteiger partial charge in [-0.05, 0) is 49.9 Å². The fourth-order valence-electron chi connectivity index (χ4n) is 4.09. The molecular formula is C24H28N4O. The first-order valence-corrected chi connectivity index (χ1v) is 10.2. The lowest BCUT2D eigenvalue weighted by Gasteiger charge is -2.39. The average Bonchev–Trinajstić information content (AvgIpc) is 2.71. The molecule has 0 spiro atoms. The van der Waals surface area contributed by atoms with Gasteiger partial charge in [0.1, 0.15) is 0 Å². The molecule has 0 amide bonds. The van der Waals surface area contributed by atoms with Crippen molar-refractivity contribution in [2.75, 3.05) is 11.6 Å². The molecule has 0 radical (unpaired) electrons. The predicted molar refractivity (Wildman–Crippen MR) is 118 cm³/mol. The third-order valence-corrected chi connectivity index (χ3v) is 5.84. The van der Waals surface area contributed by atoms with Gasteiger partial charge in [0.15, 0.2) is 0 Å². The molecule has 4 rings (SSSR count). The Labute approximate surface area is 172 Å². The molecule has 0 N–H and O–H groups in total. The van der Waals surface area contributed by atoms with Crippen LogP contribution in [-0.4, -0.2) is 21.1 Å². The van der Waals surface area contributed by atoms with Gasteiger partial charge in [0, 0.05) is 23.5 Å². The van der Waals surface area contributed by atoms with Crippen molar-refractivity contribution in [2.24, 2.45) is 0 Å². The maximum atomic E-state index is 13.3. The summed E-state index contributed by atoms with van der Waals surface area (Å²) in [6, 6.07) is 16.7. The molecule has 1 aromatic heterocycles. The van der Waals surface area contributed by atoms with Crippen LogP contribution in [0.4, 0.5) is 11.6 Å². The number of anilines is 2. The van der Waals surface area contributed by atoms with E-state index >= 15 is 0 Å². The molecule has 5 heteroatoms. The minimum absolute atomic E-state index is 0.0723. The zero-order chi connectivity index (χ0) is 20.5. The van der Waals surface area contributed by atoms with Crippen LogP contribution in [0.1, 0.15) is 34.9 Å². The standard InChI is InChI=1S/C24H28N4O/c1-5-21-19(4)25-24-27(22-13-9-10-17(2)18(22)3)15-26(16-28(24)23(21)29)14-20-11-7-6-8-12-20/h6-13H,5,14-16H2,1-4H3. The predicted octanol–water partition coefficient (Wildman–Crippen LogP) is 4.30. The highest BCUT2D eigenvalue weighted by molar-refractivity contribution is 5.64. The number of hydrogen-bond donors (Lipinski definition) is 0. The number of hydrogen-bond acceptors (Lipinski definition) is 4. The van der Waals surface area contributed by atoms with E-state index in [9.17, 15) is 4.79 Å². The van der Waals surface area contributed by atoms with E-state index in [1.54, 1.807) is 0 Å². The third-order valence-electron chi connectivity index (χ3n) is 5.84. The number of aromatic nitrogens is 2. The van der Waals surface area contributed by atoms with Crippen LogP contribution in [0.2, 0.25) is 0 Å². The molecule has 2 aromatic carbocycles. The van der Waals surface area contributed by atoms with Gasteiger partial charge < -0.3 is 0 Å². The Balaban J connectivity index is 1.84. The smallest absolute Gasteiger partial charge is 0.259 e. The third kappa shape index (κ3) is 3.58. The molecule has 0 saturated heterocycles. The molecule has 1 aliphatic heterocycles. The van der Waals surface area contributed by atoms with E-state index in [1.807, 2.05) is 24.5 Å². The first-order chi connectivity index (χ1) is 14.0. The van der Waals surface area contributed by atoms with Gasteiger partial charge in [-0.15, -0.1) is 0 Å². The van der Waals surface area contributed by atoms with Gasteiger partial charge in [-0.1, -0.05) is 49.4 Å². The van der Waals surface area contributed by atoms with Crippen molar-refractivity contribution >= 4 is 11.6 Å². The fourth-order valence-corrected chi connectivity index (χ4v) is 4.09. The van der Waals surface area contributed by atoms with E-state index in [1.165, 1.54) is 16.7 Å². The number of nitrogens with zero attached hydrogens (tertiary/aromatic N) is 4. The van der Waals surface area contributed by atoms with Crippen LogP contribution in [0.5, 0.6) is 0 Å². The van der Waals surface area contributed by atoms with Crippen LogP contribution < -0.4 is 10.5 Å². The molecular weight excluding hydrogens is 360 g/mol. The van der Waals surface area contributed by atoms with Gasteiger partial charge in [0.25, 0.3) is 5.56 Å². The van der Waals surface area contributed by atoms with Gasteiger partial charge in [0.05, 0.1) is 13.3 Å². The highest BCUT2D eigenvalue weighted by Gasteiger charge is 2.28. The minimum atomic E-state index is 0.0723. The normalized spacial score (nSPS) is 14.1. The summed E-state index contributed by atoms with van der Waals surface area (Å²) in [6.07, 6.45) is 0.695. The summed E-state index contributed by atoms with van der Waals surface area (Å²) in [5, 5.41) is 0. The lowest BCUT2D eigenvalue weighted by atomic mass is 10.1. The van der Waals surface area contributed by atoms with Gasteiger partial charge in [-0.3, -0.25) is 19.2 Å². The van der Waals surface area contributed by atoms with Crippen molar-refractivity contribution in [3.8, 4) is 0 Å². The van der Waals surface area contributed by atoms with Crippen LogP contribution in [0.25, 0.3) is 0 Å². The Morgan fingerprint density at radius 1 is 0.966 bits per heavy atom. The molecule has 5 nitrogen and oxygen atoms in total. The van der Waals surface area contributed by atoms with Crippen molar-refractivity contribution < 1.29 is 0 Å². The molecule has 0 fully saturated rings. The van der Waals surface area contributed by atoms with E-state index in [0.29, 0.717) is 19.8 Å². The zero-order valence-electron chi connectivity index (χ0n) is 17.6. The number of aryl methyl sites for hydroxylation is 2. The zero-order valence-corrected chi connectivity index (χ0v) is 17.6. The van der Waals surface area contributed by atoms with E-state index < -0.39 is 0 Å². The summed E-state index contributed by atoms with van der Waals surface area (Å²) in [4.78, 5) is 22.6. The second-order valence-corrected chi connectivity index (χ2v) is 7.81. The molecule has 150 valence electrons. The summed E-state index contributed by atoms with van der Waals surface area (Å²) in [7, 11) is 0. The second-order valence-electron chi connectivity index (χ2n) is 7.81. The molecule has 3 aromatic rings. The summed E-state index contributed by atoms with van der Waals surface area (Å²) >= 11 is 0. The quantitative estimate of drug-likeness (QED) is 0.668. The van der Waals surface area contributed by atoms with Crippen LogP contribution in [-0.2, 0) is 19.6 Å². The van der Waals surface area contributed by atoms with Gasteiger partial charge in [-0.25, -0.2) is 4.98 Å². The Morgan fingerprint density at radius 3 is 2.45 bits per heavy atom. The molecule has 29 heavy (non-hydrogen) atoms. The Hall–Kier alpha value is -2.92. The first-order valence-electron chi connectivity index (χ1n) is 10.2. The van der Waals surface area contributed by atoms with Crippen molar-refractivity contribution in [3.63, 3.8) is 0 Å². The Kier molecular flexibility index (Phi) is 5.24. The molecule has 0 bridgehead atoms. The largest absolute Gasteiger partial charge is 0.298 e. The van der Waals surface area contributed by atoms with Crippen LogP contribution in [0, 0.1) is 20.8 Å². The van der Waals surface area contributed by atoms with Crippen LogP contribution in [0.3, 0.4) is 0 Å². The molecule has 0 saturated carbocycles. The summed E-state index contributed by atoms with van der Waals surface area (Å²) in [5.41, 5.74) is 6.49. The number of fused-ring (bicyclic) bond motifs is 1. The SMILES string of the molecule is CCc1c(C)nc2n(c1=O)CN(Cc1ccccc1)CN2c1cccc(C)c1C. The van der Waals surface area contributed by atoms with E-state index in [4.69, 9.17) is 4.98 Å². The monoisotopic (exact) mass is 388 g/mol. The molecule has 0 aliphatic carbocycles. The molecule has 2 heterocycles. The fraction of sp³-hybridized carbons (Fsp3) is 0.333. The van der Waals surface area contributed by atoms with E-state index in [-0.39, 0.29) is 5.56 Å². The van der Waals surface area contributed by atoms with E-state index in [0.717, 1.165) is 29.4 Å². The average molecular weight is 389 g/mol. The summed E-state index contributed by atoms with van der Waals surface area (Å²) in [6.45, 7) is 10.2. The highest BCUT2D eigenvalue weighted by Crippen LogP contribution is 2.32. The molecule has 1 aliphatic rings.